The lowest BCUT2D eigenvalue weighted by Crippen LogP contribution is -2.11. The number of benzene rings is 1. The average Bonchev–Trinajstić information content (AvgIpc) is 2.50. The van der Waals surface area contributed by atoms with Gasteiger partial charge in [0.2, 0.25) is 0 Å². The lowest BCUT2D eigenvalue weighted by Gasteiger charge is -2.03. The molecule has 0 aromatic heterocycles. The fourth-order valence-electron chi connectivity index (χ4n) is 1.39. The number of esters is 1. The van der Waals surface area contributed by atoms with Crippen LogP contribution in [0.3, 0.4) is 0 Å². The van der Waals surface area contributed by atoms with E-state index in [4.69, 9.17) is 4.74 Å². The topological polar surface area (TPSA) is 38.7 Å². The van der Waals surface area contributed by atoms with E-state index in [9.17, 15) is 4.79 Å². The number of ether oxygens (including phenoxy) is 1. The number of hydrogen-bond donors (Lipinski definition) is 0. The van der Waals surface area contributed by atoms with Crippen molar-refractivity contribution >= 4 is 29.3 Å². The van der Waals surface area contributed by atoms with Crippen LogP contribution in [0.5, 0.6) is 0 Å². The highest BCUT2D eigenvalue weighted by atomic mass is 32.2. The molecule has 1 heterocycles. The predicted molar refractivity (Wildman–Crippen MR) is 65.3 cm³/mol. The molecule has 0 spiro atoms. The SMILES string of the molecule is CCC(=O)OC1=Nc2ccccc2SCC1. The van der Waals surface area contributed by atoms with E-state index in [1.54, 1.807) is 18.7 Å². The Kier molecular flexibility index (Phi) is 3.62. The summed E-state index contributed by atoms with van der Waals surface area (Å²) in [6.45, 7) is 1.78. The summed E-state index contributed by atoms with van der Waals surface area (Å²) in [6, 6.07) is 7.90. The van der Waals surface area contributed by atoms with Gasteiger partial charge in [-0.05, 0) is 12.1 Å². The zero-order chi connectivity index (χ0) is 11.4. The molecule has 4 heteroatoms. The fraction of sp³-hybridized carbons (Fsp3) is 0.333. The van der Waals surface area contributed by atoms with Gasteiger partial charge in [0.1, 0.15) is 0 Å². The number of aliphatic imine (C=N–C) groups is 1. The predicted octanol–water partition coefficient (Wildman–Crippen LogP) is 3.17. The van der Waals surface area contributed by atoms with Gasteiger partial charge in [-0.25, -0.2) is 4.99 Å². The maximum Gasteiger partial charge on any atom is 0.311 e. The molecular weight excluding hydrogens is 222 g/mol. The molecule has 0 unspecified atom stereocenters. The molecular formula is C12H13NO2S. The summed E-state index contributed by atoms with van der Waals surface area (Å²) in [7, 11) is 0. The molecule has 1 aromatic rings. The number of rotatable bonds is 1. The van der Waals surface area contributed by atoms with E-state index >= 15 is 0 Å². The molecule has 16 heavy (non-hydrogen) atoms. The van der Waals surface area contributed by atoms with Gasteiger partial charge in [0, 0.05) is 23.5 Å². The van der Waals surface area contributed by atoms with Gasteiger partial charge >= 0.3 is 5.97 Å². The van der Waals surface area contributed by atoms with Crippen LogP contribution in [0, 0.1) is 0 Å². The Hall–Kier alpha value is -1.29. The van der Waals surface area contributed by atoms with Crippen LogP contribution in [0.2, 0.25) is 0 Å². The normalized spacial score (nSPS) is 14.7. The molecule has 1 aromatic carbocycles. The van der Waals surface area contributed by atoms with E-state index in [0.29, 0.717) is 18.7 Å². The van der Waals surface area contributed by atoms with Crippen molar-refractivity contribution in [3.05, 3.63) is 24.3 Å². The summed E-state index contributed by atoms with van der Waals surface area (Å²) in [6.07, 6.45) is 1.08. The Bertz CT molecular complexity index is 429. The molecule has 0 amide bonds. The van der Waals surface area contributed by atoms with Crippen LogP contribution in [-0.4, -0.2) is 17.6 Å². The lowest BCUT2D eigenvalue weighted by molar-refractivity contribution is -0.135. The maximum atomic E-state index is 11.2. The minimum absolute atomic E-state index is 0.219. The summed E-state index contributed by atoms with van der Waals surface area (Å²) < 4.78 is 5.18. The van der Waals surface area contributed by atoms with Crippen LogP contribution >= 0.6 is 11.8 Å². The van der Waals surface area contributed by atoms with Crippen LogP contribution in [0.1, 0.15) is 19.8 Å². The van der Waals surface area contributed by atoms with Gasteiger partial charge in [-0.3, -0.25) is 4.79 Å². The number of carbonyl (C=O) groups excluding carboxylic acids is 1. The van der Waals surface area contributed by atoms with Gasteiger partial charge in [0.05, 0.1) is 5.69 Å². The number of fused-ring (bicyclic) bond motifs is 1. The van der Waals surface area contributed by atoms with Crippen LogP contribution in [0.4, 0.5) is 5.69 Å². The Morgan fingerprint density at radius 3 is 3.12 bits per heavy atom. The van der Waals surface area contributed by atoms with Crippen LogP contribution in [0.15, 0.2) is 34.2 Å². The van der Waals surface area contributed by atoms with E-state index in [1.807, 2.05) is 24.3 Å². The van der Waals surface area contributed by atoms with Gasteiger partial charge in [-0.15, -0.1) is 11.8 Å². The number of para-hydroxylation sites is 1. The highest BCUT2D eigenvalue weighted by molar-refractivity contribution is 7.99. The van der Waals surface area contributed by atoms with E-state index in [2.05, 4.69) is 4.99 Å². The molecule has 0 bridgehead atoms. The molecule has 0 radical (unpaired) electrons. The molecule has 0 aliphatic carbocycles. The van der Waals surface area contributed by atoms with Gasteiger partial charge in [0.15, 0.2) is 5.90 Å². The molecule has 1 aliphatic rings. The minimum Gasteiger partial charge on any atom is -0.412 e. The molecule has 0 saturated heterocycles. The highest BCUT2D eigenvalue weighted by Crippen LogP contribution is 2.32. The first-order valence-corrected chi connectivity index (χ1v) is 6.28. The van der Waals surface area contributed by atoms with E-state index < -0.39 is 0 Å². The van der Waals surface area contributed by atoms with E-state index in [-0.39, 0.29) is 5.97 Å². The highest BCUT2D eigenvalue weighted by Gasteiger charge is 2.13. The van der Waals surface area contributed by atoms with Crippen molar-refractivity contribution in [2.45, 2.75) is 24.7 Å². The monoisotopic (exact) mass is 235 g/mol. The lowest BCUT2D eigenvalue weighted by atomic mass is 10.3. The summed E-state index contributed by atoms with van der Waals surface area (Å²) >= 11 is 1.74. The number of thioether (sulfide) groups is 1. The number of hydrogen-bond acceptors (Lipinski definition) is 4. The third kappa shape index (κ3) is 2.64. The van der Waals surface area contributed by atoms with Crippen molar-refractivity contribution in [3.63, 3.8) is 0 Å². The summed E-state index contributed by atoms with van der Waals surface area (Å²) in [4.78, 5) is 16.7. The van der Waals surface area contributed by atoms with E-state index in [0.717, 1.165) is 16.3 Å². The summed E-state index contributed by atoms with van der Waals surface area (Å²) in [5, 5.41) is 0. The van der Waals surface area contributed by atoms with Crippen molar-refractivity contribution in [2.75, 3.05) is 5.75 Å². The maximum absolute atomic E-state index is 11.2. The zero-order valence-electron chi connectivity index (χ0n) is 9.10. The first-order valence-electron chi connectivity index (χ1n) is 5.29. The fourth-order valence-corrected chi connectivity index (χ4v) is 2.32. The first kappa shape index (κ1) is 11.2. The summed E-state index contributed by atoms with van der Waals surface area (Å²) in [5.41, 5.74) is 0.893. The molecule has 0 N–H and O–H groups in total. The third-order valence-corrected chi connectivity index (χ3v) is 3.27. The van der Waals surface area contributed by atoms with E-state index in [1.165, 1.54) is 0 Å². The Labute approximate surface area is 98.9 Å². The summed E-state index contributed by atoms with van der Waals surface area (Å²) in [5.74, 6) is 1.21. The molecule has 0 fully saturated rings. The van der Waals surface area contributed by atoms with Crippen molar-refractivity contribution in [2.24, 2.45) is 4.99 Å². The molecule has 3 nitrogen and oxygen atoms in total. The molecule has 84 valence electrons. The number of carbonyl (C=O) groups is 1. The molecule has 1 aliphatic heterocycles. The minimum atomic E-state index is -0.219. The Morgan fingerprint density at radius 1 is 1.50 bits per heavy atom. The standard InChI is InChI=1S/C12H13NO2S/c1-2-12(14)15-11-7-8-16-10-6-4-3-5-9(10)13-11/h3-6H,2,7-8H2,1H3. The second-order valence-corrected chi connectivity index (χ2v) is 4.54. The smallest absolute Gasteiger partial charge is 0.311 e. The second-order valence-electron chi connectivity index (χ2n) is 3.40. The first-order chi connectivity index (χ1) is 7.79. The van der Waals surface area contributed by atoms with Gasteiger partial charge < -0.3 is 4.74 Å². The zero-order valence-corrected chi connectivity index (χ0v) is 9.92. The second kappa shape index (κ2) is 5.16. The van der Waals surface area contributed by atoms with Crippen molar-refractivity contribution in [1.29, 1.82) is 0 Å². The Balaban J connectivity index is 2.22. The molecule has 2 rings (SSSR count). The van der Waals surface area contributed by atoms with Crippen molar-refractivity contribution in [1.82, 2.24) is 0 Å². The van der Waals surface area contributed by atoms with Crippen LogP contribution in [-0.2, 0) is 9.53 Å². The van der Waals surface area contributed by atoms with Gasteiger partial charge in [-0.2, -0.15) is 0 Å². The van der Waals surface area contributed by atoms with Gasteiger partial charge in [-0.1, -0.05) is 19.1 Å². The van der Waals surface area contributed by atoms with Crippen LogP contribution < -0.4 is 0 Å². The average molecular weight is 235 g/mol. The van der Waals surface area contributed by atoms with Gasteiger partial charge in [0.25, 0.3) is 0 Å². The molecule has 0 atom stereocenters. The largest absolute Gasteiger partial charge is 0.412 e. The Morgan fingerprint density at radius 2 is 2.31 bits per heavy atom. The molecule has 0 saturated carbocycles. The van der Waals surface area contributed by atoms with Crippen LogP contribution in [0.25, 0.3) is 0 Å². The van der Waals surface area contributed by atoms with Crippen molar-refractivity contribution < 1.29 is 9.53 Å². The van der Waals surface area contributed by atoms with Crippen molar-refractivity contribution in [3.8, 4) is 0 Å². The quantitative estimate of drug-likeness (QED) is 0.702. The third-order valence-electron chi connectivity index (χ3n) is 2.20. The number of nitrogens with zero attached hydrogens (tertiary/aromatic N) is 1.